The van der Waals surface area contributed by atoms with Crippen molar-refractivity contribution in [2.24, 2.45) is 0 Å². The second kappa shape index (κ2) is 3.70. The predicted octanol–water partition coefficient (Wildman–Crippen LogP) is 1.58. The average molecular weight is 275 g/mol. The molecule has 74 valence electrons. The van der Waals surface area contributed by atoms with Gasteiger partial charge in [-0.3, -0.25) is 4.57 Å². The zero-order valence-corrected chi connectivity index (χ0v) is 9.72. The summed E-state index contributed by atoms with van der Waals surface area (Å²) in [5, 5.41) is 10.6. The second-order valence-corrected chi connectivity index (χ2v) is 4.80. The predicted molar refractivity (Wildman–Crippen MR) is 56.1 cm³/mol. The van der Waals surface area contributed by atoms with E-state index in [1.165, 1.54) is 0 Å². The summed E-state index contributed by atoms with van der Waals surface area (Å²) in [5.74, 6) is 0. The van der Waals surface area contributed by atoms with Crippen LogP contribution in [0.3, 0.4) is 0 Å². The van der Waals surface area contributed by atoms with Crippen molar-refractivity contribution in [2.75, 3.05) is 13.2 Å². The van der Waals surface area contributed by atoms with Crippen LogP contribution in [0.5, 0.6) is 0 Å². The maximum absolute atomic E-state index is 10.7. The highest BCUT2D eigenvalue weighted by Gasteiger charge is 2.38. The van der Waals surface area contributed by atoms with Gasteiger partial charge in [-0.15, -0.1) is 0 Å². The molecule has 1 aromatic carbocycles. The highest BCUT2D eigenvalue weighted by molar-refractivity contribution is 9.10. The lowest BCUT2D eigenvalue weighted by molar-refractivity contribution is -0.184. The number of ether oxygens (including phenoxy) is 1. The van der Waals surface area contributed by atoms with Gasteiger partial charge in [0.2, 0.25) is 0 Å². The molecule has 0 spiro atoms. The van der Waals surface area contributed by atoms with Crippen LogP contribution in [0.25, 0.3) is 0 Å². The van der Waals surface area contributed by atoms with Crippen LogP contribution in [-0.2, 0) is 14.9 Å². The third-order valence-corrected chi connectivity index (χ3v) is 3.81. The van der Waals surface area contributed by atoms with E-state index in [4.69, 9.17) is 4.74 Å². The van der Waals surface area contributed by atoms with Crippen LogP contribution in [0.15, 0.2) is 22.7 Å². The molecule has 0 amide bonds. The lowest BCUT2D eigenvalue weighted by atomic mass is 9.92. The molecule has 3 nitrogen and oxygen atoms in total. The fraction of sp³-hybridized carbons (Fsp3) is 0.333. The molecule has 0 aliphatic carbocycles. The first-order valence-electron chi connectivity index (χ1n) is 4.09. The average Bonchev–Trinajstić information content (AvgIpc) is 2.14. The topological polar surface area (TPSA) is 46.5 Å². The van der Waals surface area contributed by atoms with Crippen LogP contribution < -0.4 is 5.30 Å². The number of aliphatic hydroxyl groups is 1. The van der Waals surface area contributed by atoms with Crippen LogP contribution in [0.4, 0.5) is 0 Å². The monoisotopic (exact) mass is 274 g/mol. The number of rotatable bonds is 2. The van der Waals surface area contributed by atoms with E-state index in [1.54, 1.807) is 18.2 Å². The molecule has 1 N–H and O–H groups in total. The molecular weight excluding hydrogens is 267 g/mol. The molecule has 1 heterocycles. The summed E-state index contributed by atoms with van der Waals surface area (Å²) < 4.78 is 16.4. The Morgan fingerprint density at radius 2 is 2.21 bits per heavy atom. The standard InChI is InChI=1S/C9H8BrO3P/c10-7-3-6(1-2-8(7)14-12)9(11)4-13-5-9/h1-3,11H,4-5H2. The number of benzene rings is 1. The van der Waals surface area contributed by atoms with Gasteiger partial charge in [0, 0.05) is 4.47 Å². The lowest BCUT2D eigenvalue weighted by Crippen LogP contribution is -2.46. The van der Waals surface area contributed by atoms with Crippen molar-refractivity contribution < 1.29 is 14.4 Å². The van der Waals surface area contributed by atoms with Crippen LogP contribution >= 0.6 is 24.4 Å². The summed E-state index contributed by atoms with van der Waals surface area (Å²) in [7, 11) is -0.0259. The molecule has 14 heavy (non-hydrogen) atoms. The Balaban J connectivity index is 2.37. The minimum Gasteiger partial charge on any atom is -0.380 e. The molecule has 0 bridgehead atoms. The summed E-state index contributed by atoms with van der Waals surface area (Å²) in [5.41, 5.74) is -0.0658. The normalized spacial score (nSPS) is 19.3. The minimum atomic E-state index is -0.860. The number of hydrogen-bond acceptors (Lipinski definition) is 3. The Morgan fingerprint density at radius 1 is 1.50 bits per heavy atom. The fourth-order valence-electron chi connectivity index (χ4n) is 1.33. The molecule has 0 saturated carbocycles. The molecule has 0 unspecified atom stereocenters. The van der Waals surface area contributed by atoms with Crippen molar-refractivity contribution in [3.8, 4) is 0 Å². The van der Waals surface area contributed by atoms with E-state index in [9.17, 15) is 9.67 Å². The Kier molecular flexibility index (Phi) is 2.71. The summed E-state index contributed by atoms with van der Waals surface area (Å²) in [4.78, 5) is 0. The first kappa shape index (κ1) is 10.2. The summed E-state index contributed by atoms with van der Waals surface area (Å²) in [6, 6.07) is 5.28. The van der Waals surface area contributed by atoms with Crippen LogP contribution in [0, 0.1) is 0 Å². The van der Waals surface area contributed by atoms with E-state index in [-0.39, 0.29) is 8.46 Å². The van der Waals surface area contributed by atoms with Gasteiger partial charge in [0.25, 0.3) is 0 Å². The van der Waals surface area contributed by atoms with Gasteiger partial charge in [-0.2, -0.15) is 0 Å². The highest BCUT2D eigenvalue weighted by Crippen LogP contribution is 2.30. The van der Waals surface area contributed by atoms with E-state index in [0.717, 1.165) is 10.0 Å². The number of halogens is 1. The van der Waals surface area contributed by atoms with Crippen LogP contribution in [0.2, 0.25) is 0 Å². The van der Waals surface area contributed by atoms with Crippen LogP contribution in [-0.4, -0.2) is 18.3 Å². The molecule has 2 rings (SSSR count). The van der Waals surface area contributed by atoms with Gasteiger partial charge in [-0.25, -0.2) is 0 Å². The van der Waals surface area contributed by atoms with Crippen molar-refractivity contribution in [1.29, 1.82) is 0 Å². The summed E-state index contributed by atoms with van der Waals surface area (Å²) in [6.45, 7) is 0.655. The van der Waals surface area contributed by atoms with Gasteiger partial charge in [0.1, 0.15) is 5.60 Å². The van der Waals surface area contributed by atoms with Crippen LogP contribution in [0.1, 0.15) is 5.56 Å². The third kappa shape index (κ3) is 1.63. The Hall–Kier alpha value is -0.280. The van der Waals surface area contributed by atoms with Crippen molar-refractivity contribution >= 4 is 29.7 Å². The quantitative estimate of drug-likeness (QED) is 0.833. The first-order chi connectivity index (χ1) is 6.65. The lowest BCUT2D eigenvalue weighted by Gasteiger charge is -2.36. The van der Waals surface area contributed by atoms with E-state index in [1.807, 2.05) is 0 Å². The van der Waals surface area contributed by atoms with E-state index in [2.05, 4.69) is 15.9 Å². The first-order valence-corrected chi connectivity index (χ1v) is 5.70. The SMILES string of the molecule is O=Pc1ccc(C2(O)COC2)cc1Br. The molecule has 0 radical (unpaired) electrons. The Morgan fingerprint density at radius 3 is 2.64 bits per heavy atom. The zero-order chi connectivity index (χ0) is 10.2. The van der Waals surface area contributed by atoms with Gasteiger partial charge in [-0.1, -0.05) is 6.07 Å². The smallest absolute Gasteiger partial charge is 0.193 e. The van der Waals surface area contributed by atoms with Crippen molar-refractivity contribution in [2.45, 2.75) is 5.60 Å². The van der Waals surface area contributed by atoms with Gasteiger partial charge < -0.3 is 9.84 Å². The van der Waals surface area contributed by atoms with Crippen molar-refractivity contribution in [3.63, 3.8) is 0 Å². The van der Waals surface area contributed by atoms with E-state index < -0.39 is 5.60 Å². The molecule has 1 aliphatic heterocycles. The molecule has 1 fully saturated rings. The number of hydrogen-bond donors (Lipinski definition) is 1. The van der Waals surface area contributed by atoms with Crippen molar-refractivity contribution in [3.05, 3.63) is 28.2 Å². The zero-order valence-electron chi connectivity index (χ0n) is 7.24. The minimum absolute atomic E-state index is 0.0259. The van der Waals surface area contributed by atoms with Gasteiger partial charge >= 0.3 is 0 Å². The van der Waals surface area contributed by atoms with Gasteiger partial charge in [0.15, 0.2) is 8.46 Å². The Bertz CT molecular complexity index is 376. The maximum atomic E-state index is 10.7. The fourth-order valence-corrected chi connectivity index (χ4v) is 2.22. The molecule has 0 atom stereocenters. The molecular formula is C9H8BrO3P. The van der Waals surface area contributed by atoms with Crippen molar-refractivity contribution in [1.82, 2.24) is 0 Å². The maximum Gasteiger partial charge on any atom is 0.193 e. The van der Waals surface area contributed by atoms with E-state index in [0.29, 0.717) is 18.5 Å². The van der Waals surface area contributed by atoms with Gasteiger partial charge in [-0.05, 0) is 33.6 Å². The highest BCUT2D eigenvalue weighted by atomic mass is 79.9. The summed E-state index contributed by atoms with van der Waals surface area (Å²) in [6.07, 6.45) is 0. The molecule has 5 heteroatoms. The molecule has 1 aromatic rings. The Labute approximate surface area is 91.4 Å². The summed E-state index contributed by atoms with van der Waals surface area (Å²) >= 11 is 3.29. The van der Waals surface area contributed by atoms with Gasteiger partial charge in [0.05, 0.1) is 18.5 Å². The second-order valence-electron chi connectivity index (χ2n) is 3.28. The largest absolute Gasteiger partial charge is 0.380 e. The van der Waals surface area contributed by atoms with E-state index >= 15 is 0 Å². The molecule has 1 aliphatic rings. The third-order valence-electron chi connectivity index (χ3n) is 2.27. The molecule has 0 aromatic heterocycles. The molecule has 1 saturated heterocycles.